The zero-order chi connectivity index (χ0) is 9.84. The maximum atomic E-state index is 7.06. The normalized spacial score (nSPS) is 12.4. The quantitative estimate of drug-likeness (QED) is 0.416. The molecule has 0 amide bonds. The van der Waals surface area contributed by atoms with Crippen LogP contribution < -0.4 is 17.2 Å². The van der Waals surface area contributed by atoms with Crippen LogP contribution in [0.3, 0.4) is 0 Å². The van der Waals surface area contributed by atoms with Crippen LogP contribution in [-0.4, -0.2) is 17.7 Å². The Kier molecular flexibility index (Phi) is 2.71. The summed E-state index contributed by atoms with van der Waals surface area (Å²) in [6.07, 6.45) is 2.78. The van der Waals surface area contributed by atoms with Crippen LogP contribution in [0.1, 0.15) is 5.69 Å². The molecule has 1 aromatic rings. The molecular weight excluding hydrogens is 166 g/mol. The molecule has 0 atom stereocenters. The summed E-state index contributed by atoms with van der Waals surface area (Å²) in [5.74, 6) is 0. The van der Waals surface area contributed by atoms with Gasteiger partial charge in [-0.3, -0.25) is 0 Å². The second-order valence-electron chi connectivity index (χ2n) is 2.63. The standard InChI is InChI=1S/C8H13N5/c9-2-5(3-10)8(12)7-1-6(11)4-13-7/h1-2,4,9,13H,3,10-12H2/b8-5-,9-2?. The van der Waals surface area contributed by atoms with Gasteiger partial charge in [0.05, 0.1) is 11.4 Å². The first-order chi connectivity index (χ1) is 6.19. The molecule has 13 heavy (non-hydrogen) atoms. The number of hydrogen-bond acceptors (Lipinski definition) is 4. The van der Waals surface area contributed by atoms with Crippen LogP contribution in [0, 0.1) is 5.41 Å². The number of nitrogens with one attached hydrogen (secondary N) is 2. The molecule has 0 bridgehead atoms. The van der Waals surface area contributed by atoms with Crippen molar-refractivity contribution in [1.29, 1.82) is 5.41 Å². The van der Waals surface area contributed by atoms with Gasteiger partial charge in [-0.15, -0.1) is 0 Å². The Bertz CT molecular complexity index is 336. The van der Waals surface area contributed by atoms with Gasteiger partial charge in [-0.2, -0.15) is 0 Å². The van der Waals surface area contributed by atoms with Crippen LogP contribution in [0.4, 0.5) is 5.69 Å². The monoisotopic (exact) mass is 179 g/mol. The molecule has 0 aliphatic heterocycles. The molecule has 0 aliphatic rings. The van der Waals surface area contributed by atoms with E-state index in [-0.39, 0.29) is 6.54 Å². The topological polar surface area (TPSA) is 118 Å². The molecule has 0 aliphatic carbocycles. The predicted molar refractivity (Wildman–Crippen MR) is 54.2 cm³/mol. The predicted octanol–water partition coefficient (Wildman–Crippen LogP) is -0.125. The van der Waals surface area contributed by atoms with Crippen molar-refractivity contribution in [3.8, 4) is 0 Å². The molecule has 0 fully saturated rings. The summed E-state index contributed by atoms with van der Waals surface area (Å²) in [6, 6.07) is 1.70. The Hall–Kier alpha value is -1.75. The lowest BCUT2D eigenvalue weighted by atomic mass is 10.2. The molecule has 0 radical (unpaired) electrons. The number of nitrogen functional groups attached to an aromatic ring is 1. The van der Waals surface area contributed by atoms with Crippen molar-refractivity contribution in [1.82, 2.24) is 4.98 Å². The van der Waals surface area contributed by atoms with Crippen molar-refractivity contribution < 1.29 is 0 Å². The lowest BCUT2D eigenvalue weighted by molar-refractivity contribution is 1.19. The van der Waals surface area contributed by atoms with Gasteiger partial charge in [0.1, 0.15) is 0 Å². The van der Waals surface area contributed by atoms with E-state index in [4.69, 9.17) is 22.6 Å². The van der Waals surface area contributed by atoms with E-state index in [9.17, 15) is 0 Å². The molecular formula is C8H13N5. The maximum absolute atomic E-state index is 7.06. The minimum Gasteiger partial charge on any atom is -0.397 e. The van der Waals surface area contributed by atoms with Crippen molar-refractivity contribution in [2.45, 2.75) is 0 Å². The van der Waals surface area contributed by atoms with E-state index in [1.54, 1.807) is 12.3 Å². The summed E-state index contributed by atoms with van der Waals surface area (Å²) in [5.41, 5.74) is 19.0. The number of nitrogens with two attached hydrogens (primary N) is 3. The maximum Gasteiger partial charge on any atom is 0.0639 e. The molecule has 1 aromatic heterocycles. The lowest BCUT2D eigenvalue weighted by Crippen LogP contribution is -2.11. The van der Waals surface area contributed by atoms with Gasteiger partial charge in [-0.1, -0.05) is 0 Å². The van der Waals surface area contributed by atoms with E-state index in [2.05, 4.69) is 4.98 Å². The van der Waals surface area contributed by atoms with Gasteiger partial charge in [-0.05, 0) is 6.07 Å². The molecule has 0 unspecified atom stereocenters. The van der Waals surface area contributed by atoms with Gasteiger partial charge in [-0.25, -0.2) is 0 Å². The third-order valence-corrected chi connectivity index (χ3v) is 1.74. The lowest BCUT2D eigenvalue weighted by Gasteiger charge is -2.02. The van der Waals surface area contributed by atoms with Crippen molar-refractivity contribution in [3.63, 3.8) is 0 Å². The highest BCUT2D eigenvalue weighted by Gasteiger charge is 2.03. The Morgan fingerprint density at radius 2 is 2.31 bits per heavy atom. The van der Waals surface area contributed by atoms with Crippen LogP contribution in [0.2, 0.25) is 0 Å². The Labute approximate surface area is 76.1 Å². The molecule has 1 heterocycles. The first-order valence-corrected chi connectivity index (χ1v) is 3.82. The SMILES string of the molecule is N=C/C(CN)=C(/N)c1cc(N)c[nH]1. The first-order valence-electron chi connectivity index (χ1n) is 3.82. The summed E-state index contributed by atoms with van der Waals surface area (Å²) in [4.78, 5) is 2.89. The Morgan fingerprint density at radius 3 is 2.69 bits per heavy atom. The number of rotatable bonds is 3. The molecule has 70 valence electrons. The van der Waals surface area contributed by atoms with Gasteiger partial charge in [0.25, 0.3) is 0 Å². The third-order valence-electron chi connectivity index (χ3n) is 1.74. The van der Waals surface area contributed by atoms with Gasteiger partial charge in [0.2, 0.25) is 0 Å². The van der Waals surface area contributed by atoms with E-state index in [0.717, 1.165) is 6.21 Å². The average molecular weight is 179 g/mol. The Balaban J connectivity index is 3.07. The number of hydrogen-bond donors (Lipinski definition) is 5. The van der Waals surface area contributed by atoms with Crippen molar-refractivity contribution in [2.75, 3.05) is 12.3 Å². The largest absolute Gasteiger partial charge is 0.397 e. The molecule has 0 saturated heterocycles. The van der Waals surface area contributed by atoms with Crippen LogP contribution in [-0.2, 0) is 0 Å². The summed E-state index contributed by atoms with van der Waals surface area (Å²) in [5, 5.41) is 7.06. The minimum atomic E-state index is 0.244. The number of H-pyrrole nitrogens is 1. The fraction of sp³-hybridized carbons (Fsp3) is 0.125. The molecule has 5 nitrogen and oxygen atoms in total. The highest BCUT2D eigenvalue weighted by atomic mass is 14.8. The molecule has 0 saturated carbocycles. The highest BCUT2D eigenvalue weighted by molar-refractivity contribution is 5.88. The van der Waals surface area contributed by atoms with Crippen molar-refractivity contribution >= 4 is 17.6 Å². The fourth-order valence-corrected chi connectivity index (χ4v) is 0.986. The molecule has 0 aromatic carbocycles. The van der Waals surface area contributed by atoms with E-state index in [1.165, 1.54) is 0 Å². The van der Waals surface area contributed by atoms with Crippen molar-refractivity contribution in [2.24, 2.45) is 11.5 Å². The van der Waals surface area contributed by atoms with Crippen LogP contribution in [0.25, 0.3) is 5.70 Å². The van der Waals surface area contributed by atoms with Gasteiger partial charge < -0.3 is 27.6 Å². The van der Waals surface area contributed by atoms with Gasteiger partial charge >= 0.3 is 0 Å². The summed E-state index contributed by atoms with van der Waals surface area (Å²) in [7, 11) is 0. The van der Waals surface area contributed by atoms with E-state index < -0.39 is 0 Å². The van der Waals surface area contributed by atoms with Crippen LogP contribution >= 0.6 is 0 Å². The fourth-order valence-electron chi connectivity index (χ4n) is 0.986. The van der Waals surface area contributed by atoms with E-state index in [1.807, 2.05) is 0 Å². The summed E-state index contributed by atoms with van der Waals surface area (Å²) < 4.78 is 0. The number of anilines is 1. The third kappa shape index (κ3) is 1.88. The molecule has 1 rings (SSSR count). The zero-order valence-electron chi connectivity index (χ0n) is 7.17. The average Bonchev–Trinajstić information content (AvgIpc) is 2.54. The van der Waals surface area contributed by atoms with Crippen LogP contribution in [0.5, 0.6) is 0 Å². The van der Waals surface area contributed by atoms with Crippen LogP contribution in [0.15, 0.2) is 17.8 Å². The smallest absolute Gasteiger partial charge is 0.0639 e. The Morgan fingerprint density at radius 1 is 1.62 bits per heavy atom. The van der Waals surface area contributed by atoms with E-state index in [0.29, 0.717) is 22.7 Å². The van der Waals surface area contributed by atoms with Gasteiger partial charge in [0, 0.05) is 30.2 Å². The zero-order valence-corrected chi connectivity index (χ0v) is 7.17. The molecule has 8 N–H and O–H groups in total. The highest BCUT2D eigenvalue weighted by Crippen LogP contribution is 2.13. The van der Waals surface area contributed by atoms with E-state index >= 15 is 0 Å². The first kappa shape index (κ1) is 9.34. The number of aromatic nitrogens is 1. The number of aromatic amines is 1. The summed E-state index contributed by atoms with van der Waals surface area (Å²) >= 11 is 0. The second kappa shape index (κ2) is 3.77. The van der Waals surface area contributed by atoms with Gasteiger partial charge in [0.15, 0.2) is 0 Å². The van der Waals surface area contributed by atoms with Crippen molar-refractivity contribution in [3.05, 3.63) is 23.5 Å². The molecule has 0 spiro atoms. The summed E-state index contributed by atoms with van der Waals surface area (Å²) in [6.45, 7) is 0.244. The second-order valence-corrected chi connectivity index (χ2v) is 2.63. The molecule has 5 heteroatoms. The minimum absolute atomic E-state index is 0.244.